The lowest BCUT2D eigenvalue weighted by atomic mass is 10.1. The summed E-state index contributed by atoms with van der Waals surface area (Å²) in [6, 6.07) is 25.6. The van der Waals surface area contributed by atoms with E-state index in [2.05, 4.69) is 30.8 Å². The first-order valence-electron chi connectivity index (χ1n) is 14.5. The van der Waals surface area contributed by atoms with Gasteiger partial charge in [0.25, 0.3) is 0 Å². The van der Waals surface area contributed by atoms with Gasteiger partial charge in [-0.05, 0) is 47.7 Å². The molecule has 0 N–H and O–H groups in total. The zero-order chi connectivity index (χ0) is 27.4. The Morgan fingerprint density at radius 1 is 0.641 bits per heavy atom. The molecule has 0 saturated carbocycles. The van der Waals surface area contributed by atoms with Gasteiger partial charge in [-0.3, -0.25) is 4.79 Å². The molecule has 0 spiro atoms. The number of benzene rings is 3. The Morgan fingerprint density at radius 3 is 1.82 bits per heavy atom. The van der Waals surface area contributed by atoms with Gasteiger partial charge in [-0.25, -0.2) is 0 Å². The fourth-order valence-corrected chi connectivity index (χ4v) is 4.40. The van der Waals surface area contributed by atoms with Crippen LogP contribution in [0.25, 0.3) is 12.2 Å². The number of ether oxygens (including phenoxy) is 2. The maximum absolute atomic E-state index is 12.2. The van der Waals surface area contributed by atoms with Crippen LogP contribution >= 0.6 is 0 Å². The van der Waals surface area contributed by atoms with Crippen molar-refractivity contribution in [3.63, 3.8) is 0 Å². The molecule has 0 aromatic heterocycles. The Kier molecular flexibility index (Phi) is 14.5. The Bertz CT molecular complexity index is 1100. The van der Waals surface area contributed by atoms with E-state index in [0.717, 1.165) is 42.9 Å². The molecule has 0 aliphatic rings. The molecule has 3 nitrogen and oxygen atoms in total. The van der Waals surface area contributed by atoms with Gasteiger partial charge >= 0.3 is 0 Å². The minimum atomic E-state index is 0.0133. The summed E-state index contributed by atoms with van der Waals surface area (Å²) in [6.45, 7) is 6.09. The first-order valence-corrected chi connectivity index (χ1v) is 14.5. The van der Waals surface area contributed by atoms with E-state index in [4.69, 9.17) is 9.47 Å². The summed E-state index contributed by atoms with van der Waals surface area (Å²) in [5, 5.41) is 0. The average Bonchev–Trinajstić information content (AvgIpc) is 2.99. The van der Waals surface area contributed by atoms with Crippen molar-refractivity contribution in [3.05, 3.63) is 114 Å². The third-order valence-electron chi connectivity index (χ3n) is 6.80. The molecule has 0 fully saturated rings. The summed E-state index contributed by atoms with van der Waals surface area (Å²) < 4.78 is 11.7. The van der Waals surface area contributed by atoms with Crippen LogP contribution < -0.4 is 4.74 Å². The lowest BCUT2D eigenvalue weighted by Gasteiger charge is -2.07. The molecule has 39 heavy (non-hydrogen) atoms. The van der Waals surface area contributed by atoms with Crippen molar-refractivity contribution in [2.75, 3.05) is 13.2 Å². The van der Waals surface area contributed by atoms with Crippen molar-refractivity contribution in [1.29, 1.82) is 0 Å². The van der Waals surface area contributed by atoms with Gasteiger partial charge in [0.05, 0.1) is 13.2 Å². The lowest BCUT2D eigenvalue weighted by Crippen LogP contribution is -1.97. The van der Waals surface area contributed by atoms with E-state index in [1.807, 2.05) is 66.7 Å². The number of rotatable bonds is 20. The smallest absolute Gasteiger partial charge is 0.185 e. The fraction of sp³-hybridized carbons (Fsp3) is 0.361. The number of hydrogen-bond acceptors (Lipinski definition) is 3. The normalized spacial score (nSPS) is 11.1. The minimum Gasteiger partial charge on any atom is -0.494 e. The van der Waals surface area contributed by atoms with Gasteiger partial charge in [0.15, 0.2) is 5.78 Å². The Balaban J connectivity index is 1.10. The molecule has 3 aromatic rings. The number of allylic oxidation sites excluding steroid dienone is 1. The van der Waals surface area contributed by atoms with Gasteiger partial charge < -0.3 is 9.47 Å². The van der Waals surface area contributed by atoms with E-state index in [0.29, 0.717) is 12.2 Å². The number of unbranched alkanes of at least 4 members (excludes halogenated alkanes) is 9. The summed E-state index contributed by atoms with van der Waals surface area (Å²) in [5.74, 6) is 0.897. The molecular weight excluding hydrogens is 480 g/mol. The molecule has 0 atom stereocenters. The number of ketones is 1. The monoisotopic (exact) mass is 524 g/mol. The summed E-state index contributed by atoms with van der Waals surface area (Å²) in [7, 11) is 0. The number of carbonyl (C=O) groups excluding carboxylic acids is 1. The standard InChI is InChI=1S/C36H44O3/c1-2-31-18-20-33(21-19-31)30-38-28-14-9-7-5-3-4-6-8-10-15-29-39-35-25-22-32(23-26-35)24-27-36(37)34-16-12-11-13-17-34/h2,11-13,16-27H,1,3-10,14-15,28-30H2/b27-24+. The molecule has 0 unspecified atom stereocenters. The minimum absolute atomic E-state index is 0.0133. The molecule has 0 aliphatic carbocycles. The van der Waals surface area contributed by atoms with Crippen LogP contribution in [-0.4, -0.2) is 19.0 Å². The Morgan fingerprint density at radius 2 is 1.21 bits per heavy atom. The molecule has 0 bridgehead atoms. The molecular formula is C36H44O3. The Hall–Kier alpha value is -3.43. The van der Waals surface area contributed by atoms with Crippen molar-refractivity contribution in [2.45, 2.75) is 70.8 Å². The van der Waals surface area contributed by atoms with Gasteiger partial charge in [0.2, 0.25) is 0 Å². The number of hydrogen-bond donors (Lipinski definition) is 0. The van der Waals surface area contributed by atoms with Crippen LogP contribution in [0.5, 0.6) is 5.75 Å². The van der Waals surface area contributed by atoms with E-state index >= 15 is 0 Å². The van der Waals surface area contributed by atoms with Gasteiger partial charge in [-0.1, -0.05) is 137 Å². The third kappa shape index (κ3) is 12.8. The van der Waals surface area contributed by atoms with Gasteiger partial charge in [-0.2, -0.15) is 0 Å². The highest BCUT2D eigenvalue weighted by Crippen LogP contribution is 2.16. The van der Waals surface area contributed by atoms with Crippen LogP contribution in [0.2, 0.25) is 0 Å². The van der Waals surface area contributed by atoms with Gasteiger partial charge in [0, 0.05) is 12.2 Å². The molecule has 3 rings (SSSR count). The van der Waals surface area contributed by atoms with Crippen LogP contribution in [0.15, 0.2) is 91.5 Å². The summed E-state index contributed by atoms with van der Waals surface area (Å²) in [6.07, 6.45) is 18.0. The highest BCUT2D eigenvalue weighted by Gasteiger charge is 2.00. The van der Waals surface area contributed by atoms with Crippen LogP contribution in [0.3, 0.4) is 0 Å². The van der Waals surface area contributed by atoms with E-state index in [-0.39, 0.29) is 5.78 Å². The van der Waals surface area contributed by atoms with Gasteiger partial charge in [0.1, 0.15) is 5.75 Å². The third-order valence-corrected chi connectivity index (χ3v) is 6.80. The lowest BCUT2D eigenvalue weighted by molar-refractivity contribution is 0.104. The van der Waals surface area contributed by atoms with E-state index in [9.17, 15) is 4.79 Å². The van der Waals surface area contributed by atoms with Crippen LogP contribution in [-0.2, 0) is 11.3 Å². The van der Waals surface area contributed by atoms with Crippen LogP contribution in [0, 0.1) is 0 Å². The summed E-state index contributed by atoms with van der Waals surface area (Å²) >= 11 is 0. The summed E-state index contributed by atoms with van der Waals surface area (Å²) in [5.41, 5.74) is 4.07. The average molecular weight is 525 g/mol. The van der Waals surface area contributed by atoms with Crippen molar-refractivity contribution in [3.8, 4) is 5.75 Å². The van der Waals surface area contributed by atoms with E-state index in [1.165, 1.54) is 56.9 Å². The van der Waals surface area contributed by atoms with Crippen LogP contribution in [0.4, 0.5) is 0 Å². The first-order chi connectivity index (χ1) is 19.2. The molecule has 0 heterocycles. The molecule has 0 aliphatic heterocycles. The highest BCUT2D eigenvalue weighted by atomic mass is 16.5. The fourth-order valence-electron chi connectivity index (χ4n) is 4.40. The molecule has 0 saturated heterocycles. The van der Waals surface area contributed by atoms with Crippen molar-refractivity contribution < 1.29 is 14.3 Å². The zero-order valence-electron chi connectivity index (χ0n) is 23.4. The second kappa shape index (κ2) is 18.8. The zero-order valence-corrected chi connectivity index (χ0v) is 23.4. The Labute approximate surface area is 235 Å². The molecule has 3 aromatic carbocycles. The predicted molar refractivity (Wildman–Crippen MR) is 164 cm³/mol. The second-order valence-corrected chi connectivity index (χ2v) is 10.0. The predicted octanol–water partition coefficient (Wildman–Crippen LogP) is 9.72. The van der Waals surface area contributed by atoms with Crippen molar-refractivity contribution in [2.24, 2.45) is 0 Å². The van der Waals surface area contributed by atoms with E-state index in [1.54, 1.807) is 6.08 Å². The quantitative estimate of drug-likeness (QED) is 0.0838. The van der Waals surface area contributed by atoms with E-state index < -0.39 is 0 Å². The van der Waals surface area contributed by atoms with Crippen LogP contribution in [0.1, 0.15) is 91.3 Å². The topological polar surface area (TPSA) is 35.5 Å². The van der Waals surface area contributed by atoms with Gasteiger partial charge in [-0.15, -0.1) is 0 Å². The number of carbonyl (C=O) groups is 1. The molecule has 3 heteroatoms. The SMILES string of the molecule is C=Cc1ccc(COCCCCCCCCCCCCOc2ccc(/C=C/C(=O)c3ccccc3)cc2)cc1. The molecule has 0 amide bonds. The second-order valence-electron chi connectivity index (χ2n) is 10.0. The summed E-state index contributed by atoms with van der Waals surface area (Å²) in [4.78, 5) is 12.2. The maximum atomic E-state index is 12.2. The van der Waals surface area contributed by atoms with Crippen molar-refractivity contribution in [1.82, 2.24) is 0 Å². The molecule has 0 radical (unpaired) electrons. The molecule has 206 valence electrons. The first kappa shape index (κ1) is 30.1. The highest BCUT2D eigenvalue weighted by molar-refractivity contribution is 6.06. The largest absolute Gasteiger partial charge is 0.494 e. The maximum Gasteiger partial charge on any atom is 0.185 e. The van der Waals surface area contributed by atoms with Crippen molar-refractivity contribution >= 4 is 17.9 Å².